The van der Waals surface area contributed by atoms with Crippen LogP contribution in [0.15, 0.2) is 78.9 Å². The smallest absolute Gasteiger partial charge is 0.324 e. The van der Waals surface area contributed by atoms with E-state index in [1.54, 1.807) is 0 Å². The second kappa shape index (κ2) is 11.2. The van der Waals surface area contributed by atoms with E-state index < -0.39 is 0 Å². The molecule has 0 bridgehead atoms. The van der Waals surface area contributed by atoms with Gasteiger partial charge >= 0.3 is 6.03 Å². The fraction of sp³-hybridized carbons (Fsp3) is 0.333. The Morgan fingerprint density at radius 3 is 2.20 bits per heavy atom. The predicted octanol–water partition coefficient (Wildman–Crippen LogP) is 6.77. The number of nitrogens with one attached hydrogen (secondary N) is 1. The largest absolute Gasteiger partial charge is 0.326 e. The van der Waals surface area contributed by atoms with Gasteiger partial charge in [-0.25, -0.2) is 4.79 Å². The SMILES string of the molecule is CC[C@H](C(=O)Nc1ccc(N2CCCN(Cc3ccc(C(C)C)cc3)C2=O)cc1)c1ccccc1. The van der Waals surface area contributed by atoms with Crippen LogP contribution >= 0.6 is 0 Å². The summed E-state index contributed by atoms with van der Waals surface area (Å²) in [6, 6.07) is 26.0. The molecule has 1 aliphatic heterocycles. The maximum atomic E-state index is 13.2. The Balaban J connectivity index is 1.40. The van der Waals surface area contributed by atoms with Gasteiger partial charge in [-0.3, -0.25) is 9.69 Å². The molecule has 3 aromatic rings. The Bertz CT molecular complexity index is 1120. The third-order valence-corrected chi connectivity index (χ3v) is 6.70. The molecule has 182 valence electrons. The molecule has 0 aliphatic carbocycles. The molecule has 5 heteroatoms. The van der Waals surface area contributed by atoms with E-state index in [1.807, 2.05) is 71.3 Å². The number of rotatable bonds is 8. The minimum atomic E-state index is -0.192. The van der Waals surface area contributed by atoms with Crippen molar-refractivity contribution in [1.29, 1.82) is 0 Å². The molecule has 0 saturated carbocycles. The van der Waals surface area contributed by atoms with E-state index in [4.69, 9.17) is 0 Å². The zero-order chi connectivity index (χ0) is 24.8. The standard InChI is InChI=1S/C30H35N3O2/c1-4-28(25-9-6-5-7-10-25)29(34)31-26-15-17-27(18-16-26)33-20-8-19-32(30(33)35)21-23-11-13-24(14-12-23)22(2)3/h5-7,9-18,22,28H,4,8,19-21H2,1-3H3,(H,31,34)/t28-/m0/s1. The minimum Gasteiger partial charge on any atom is -0.326 e. The van der Waals surface area contributed by atoms with E-state index in [2.05, 4.69) is 43.4 Å². The van der Waals surface area contributed by atoms with Crippen LogP contribution in [0.2, 0.25) is 0 Å². The molecule has 4 rings (SSSR count). The number of urea groups is 1. The monoisotopic (exact) mass is 469 g/mol. The van der Waals surface area contributed by atoms with E-state index in [9.17, 15) is 9.59 Å². The van der Waals surface area contributed by atoms with Crippen molar-refractivity contribution < 1.29 is 9.59 Å². The molecular weight excluding hydrogens is 434 g/mol. The average Bonchev–Trinajstić information content (AvgIpc) is 2.87. The number of anilines is 2. The molecular formula is C30H35N3O2. The normalized spacial score (nSPS) is 14.8. The molecule has 0 aromatic heterocycles. The number of nitrogens with zero attached hydrogens (tertiary/aromatic N) is 2. The number of carbonyl (C=O) groups is 2. The maximum absolute atomic E-state index is 13.2. The summed E-state index contributed by atoms with van der Waals surface area (Å²) >= 11 is 0. The van der Waals surface area contributed by atoms with E-state index in [-0.39, 0.29) is 17.9 Å². The molecule has 1 saturated heterocycles. The number of benzene rings is 3. The van der Waals surface area contributed by atoms with Gasteiger partial charge in [0.2, 0.25) is 5.91 Å². The van der Waals surface area contributed by atoms with Crippen LogP contribution in [0.3, 0.4) is 0 Å². The molecule has 1 heterocycles. The van der Waals surface area contributed by atoms with Crippen molar-refractivity contribution in [3.63, 3.8) is 0 Å². The van der Waals surface area contributed by atoms with Crippen molar-refractivity contribution in [3.8, 4) is 0 Å². The molecule has 0 spiro atoms. The highest BCUT2D eigenvalue weighted by Crippen LogP contribution is 2.26. The highest BCUT2D eigenvalue weighted by atomic mass is 16.2. The second-order valence-electron chi connectivity index (χ2n) is 9.51. The number of hydrogen-bond acceptors (Lipinski definition) is 2. The molecule has 5 nitrogen and oxygen atoms in total. The zero-order valence-corrected chi connectivity index (χ0v) is 20.9. The van der Waals surface area contributed by atoms with Crippen LogP contribution in [0.1, 0.15) is 62.1 Å². The van der Waals surface area contributed by atoms with Crippen LogP contribution < -0.4 is 10.2 Å². The quantitative estimate of drug-likeness (QED) is 0.396. The van der Waals surface area contributed by atoms with Gasteiger partial charge < -0.3 is 10.2 Å². The lowest BCUT2D eigenvalue weighted by molar-refractivity contribution is -0.117. The van der Waals surface area contributed by atoms with Crippen molar-refractivity contribution in [3.05, 3.63) is 95.6 Å². The molecule has 1 aliphatic rings. The summed E-state index contributed by atoms with van der Waals surface area (Å²) in [4.78, 5) is 29.9. The zero-order valence-electron chi connectivity index (χ0n) is 20.9. The van der Waals surface area contributed by atoms with Crippen LogP contribution in [0.5, 0.6) is 0 Å². The summed E-state index contributed by atoms with van der Waals surface area (Å²) in [7, 11) is 0. The molecule has 0 unspecified atom stereocenters. The Morgan fingerprint density at radius 1 is 0.886 bits per heavy atom. The summed E-state index contributed by atoms with van der Waals surface area (Å²) in [5.41, 5.74) is 5.05. The van der Waals surface area contributed by atoms with Gasteiger partial charge in [-0.2, -0.15) is 0 Å². The van der Waals surface area contributed by atoms with E-state index in [1.165, 1.54) is 5.56 Å². The third-order valence-electron chi connectivity index (χ3n) is 6.70. The van der Waals surface area contributed by atoms with Crippen molar-refractivity contribution in [2.24, 2.45) is 0 Å². The first-order valence-electron chi connectivity index (χ1n) is 12.6. The highest BCUT2D eigenvalue weighted by Gasteiger charge is 2.27. The van der Waals surface area contributed by atoms with Gasteiger partial charge in [0.25, 0.3) is 0 Å². The number of amides is 3. The van der Waals surface area contributed by atoms with Gasteiger partial charge in [0, 0.05) is 31.0 Å². The van der Waals surface area contributed by atoms with Crippen LogP contribution in [-0.2, 0) is 11.3 Å². The third kappa shape index (κ3) is 5.91. The van der Waals surface area contributed by atoms with Gasteiger partial charge in [0.1, 0.15) is 0 Å². The fourth-order valence-electron chi connectivity index (χ4n) is 4.61. The lowest BCUT2D eigenvalue weighted by Crippen LogP contribution is -2.49. The predicted molar refractivity (Wildman–Crippen MR) is 143 cm³/mol. The van der Waals surface area contributed by atoms with Crippen molar-refractivity contribution in [2.45, 2.75) is 52.0 Å². The minimum absolute atomic E-state index is 0.0184. The Morgan fingerprint density at radius 2 is 1.57 bits per heavy atom. The van der Waals surface area contributed by atoms with Crippen LogP contribution in [0.4, 0.5) is 16.2 Å². The van der Waals surface area contributed by atoms with E-state index in [0.29, 0.717) is 19.0 Å². The lowest BCUT2D eigenvalue weighted by Gasteiger charge is -2.35. The highest BCUT2D eigenvalue weighted by molar-refractivity contribution is 5.97. The summed E-state index contributed by atoms with van der Waals surface area (Å²) < 4.78 is 0. The van der Waals surface area contributed by atoms with E-state index >= 15 is 0 Å². The molecule has 1 atom stereocenters. The number of hydrogen-bond donors (Lipinski definition) is 1. The first-order valence-corrected chi connectivity index (χ1v) is 12.6. The van der Waals surface area contributed by atoms with Crippen molar-refractivity contribution >= 4 is 23.3 Å². The number of carbonyl (C=O) groups excluding carboxylic acids is 2. The topological polar surface area (TPSA) is 52.7 Å². The van der Waals surface area contributed by atoms with Crippen LogP contribution in [0, 0.1) is 0 Å². The summed E-state index contributed by atoms with van der Waals surface area (Å²) in [5.74, 6) is 0.285. The first kappa shape index (κ1) is 24.5. The van der Waals surface area contributed by atoms with Gasteiger partial charge in [-0.1, -0.05) is 75.4 Å². The summed E-state index contributed by atoms with van der Waals surface area (Å²) in [6.45, 7) is 8.45. The molecule has 35 heavy (non-hydrogen) atoms. The van der Waals surface area contributed by atoms with E-state index in [0.717, 1.165) is 41.9 Å². The van der Waals surface area contributed by atoms with Crippen LogP contribution in [-0.4, -0.2) is 29.9 Å². The maximum Gasteiger partial charge on any atom is 0.324 e. The lowest BCUT2D eigenvalue weighted by atomic mass is 9.95. The molecule has 1 N–H and O–H groups in total. The summed E-state index contributed by atoms with van der Waals surface area (Å²) in [6.07, 6.45) is 1.65. The first-order chi connectivity index (χ1) is 17.0. The van der Waals surface area contributed by atoms with Crippen molar-refractivity contribution in [1.82, 2.24) is 4.90 Å². The molecule has 0 radical (unpaired) electrons. The van der Waals surface area contributed by atoms with Gasteiger partial charge in [0.05, 0.1) is 5.92 Å². The van der Waals surface area contributed by atoms with Gasteiger partial charge in [0.15, 0.2) is 0 Å². The van der Waals surface area contributed by atoms with Crippen molar-refractivity contribution in [2.75, 3.05) is 23.3 Å². The molecule has 1 fully saturated rings. The fourth-order valence-corrected chi connectivity index (χ4v) is 4.61. The Hall–Kier alpha value is -3.60. The molecule has 3 amide bonds. The Labute approximate surface area is 208 Å². The van der Waals surface area contributed by atoms with Crippen LogP contribution in [0.25, 0.3) is 0 Å². The average molecular weight is 470 g/mol. The van der Waals surface area contributed by atoms with Gasteiger partial charge in [-0.05, 0) is 59.7 Å². The summed E-state index contributed by atoms with van der Waals surface area (Å²) in [5, 5.41) is 3.03. The Kier molecular flexibility index (Phi) is 7.86. The van der Waals surface area contributed by atoms with Gasteiger partial charge in [-0.15, -0.1) is 0 Å². The molecule has 3 aromatic carbocycles. The second-order valence-corrected chi connectivity index (χ2v) is 9.51.